The molecular formula is C31H41NO3S. The van der Waals surface area contributed by atoms with Crippen molar-refractivity contribution in [3.05, 3.63) is 101 Å². The number of rotatable bonds is 10. The smallest absolute Gasteiger partial charge is 0.244 e. The van der Waals surface area contributed by atoms with Crippen LogP contribution in [0.15, 0.2) is 77.7 Å². The second-order valence-corrected chi connectivity index (χ2v) is 12.5. The molecule has 0 aromatic heterocycles. The van der Waals surface area contributed by atoms with Gasteiger partial charge in [0.1, 0.15) is 0 Å². The zero-order valence-corrected chi connectivity index (χ0v) is 23.5. The van der Waals surface area contributed by atoms with Crippen LogP contribution in [0.5, 0.6) is 0 Å². The van der Waals surface area contributed by atoms with Gasteiger partial charge in [0.2, 0.25) is 10.0 Å². The molecule has 0 saturated heterocycles. The van der Waals surface area contributed by atoms with Gasteiger partial charge in [0, 0.05) is 6.54 Å². The minimum absolute atomic E-state index is 0.0268. The maximum atomic E-state index is 14.7. The number of hydrogen-bond acceptors (Lipinski definition) is 3. The van der Waals surface area contributed by atoms with Crippen LogP contribution in [0.25, 0.3) is 0 Å². The van der Waals surface area contributed by atoms with E-state index in [0.29, 0.717) is 10.5 Å². The molecule has 5 heteroatoms. The van der Waals surface area contributed by atoms with Crippen molar-refractivity contribution in [2.24, 2.45) is 0 Å². The number of aliphatic hydroxyl groups excluding tert-OH is 1. The van der Waals surface area contributed by atoms with E-state index in [-0.39, 0.29) is 24.3 Å². The van der Waals surface area contributed by atoms with Crippen LogP contribution in [0.4, 0.5) is 0 Å². The highest BCUT2D eigenvalue weighted by Gasteiger charge is 2.37. The highest BCUT2D eigenvalue weighted by atomic mass is 32.2. The van der Waals surface area contributed by atoms with Crippen LogP contribution >= 0.6 is 0 Å². The SMILES string of the molecule is CC(C)c1cc(C(C)C)c(S(=O)(=O)N(Cc2ccccc2)[C@@H](C)[C@H](O)c2ccccc2)c(C(C)C)c1. The lowest BCUT2D eigenvalue weighted by molar-refractivity contribution is 0.0959. The molecule has 2 atom stereocenters. The number of benzene rings is 3. The van der Waals surface area contributed by atoms with Crippen molar-refractivity contribution in [1.29, 1.82) is 0 Å². The summed E-state index contributed by atoms with van der Waals surface area (Å²) in [7, 11) is -3.97. The molecule has 0 aliphatic rings. The molecule has 4 nitrogen and oxygen atoms in total. The molecule has 0 spiro atoms. The van der Waals surface area contributed by atoms with E-state index in [9.17, 15) is 13.5 Å². The molecule has 1 N–H and O–H groups in total. The van der Waals surface area contributed by atoms with Gasteiger partial charge >= 0.3 is 0 Å². The third-order valence-electron chi connectivity index (χ3n) is 6.88. The van der Waals surface area contributed by atoms with Crippen molar-refractivity contribution in [1.82, 2.24) is 4.31 Å². The van der Waals surface area contributed by atoms with Crippen molar-refractivity contribution < 1.29 is 13.5 Å². The van der Waals surface area contributed by atoms with Crippen LogP contribution < -0.4 is 0 Å². The number of nitrogens with zero attached hydrogens (tertiary/aromatic N) is 1. The maximum absolute atomic E-state index is 14.7. The van der Waals surface area contributed by atoms with Gasteiger partial charge < -0.3 is 5.11 Å². The lowest BCUT2D eigenvalue weighted by Crippen LogP contribution is -2.42. The fourth-order valence-corrected chi connectivity index (χ4v) is 6.89. The molecule has 0 radical (unpaired) electrons. The number of aliphatic hydroxyl groups is 1. The second-order valence-electron chi connectivity index (χ2n) is 10.6. The van der Waals surface area contributed by atoms with Crippen LogP contribution in [-0.4, -0.2) is 23.9 Å². The first-order valence-corrected chi connectivity index (χ1v) is 14.4. The lowest BCUT2D eigenvalue weighted by atomic mass is 9.89. The van der Waals surface area contributed by atoms with Crippen molar-refractivity contribution in [3.8, 4) is 0 Å². The molecule has 0 unspecified atom stereocenters. The minimum atomic E-state index is -3.97. The van der Waals surface area contributed by atoms with Gasteiger partial charge in [-0.05, 0) is 52.5 Å². The number of hydrogen-bond donors (Lipinski definition) is 1. The molecule has 194 valence electrons. The molecule has 0 amide bonds. The summed E-state index contributed by atoms with van der Waals surface area (Å²) in [5, 5.41) is 11.3. The van der Waals surface area contributed by atoms with Gasteiger partial charge in [-0.1, -0.05) is 114 Å². The summed E-state index contributed by atoms with van der Waals surface area (Å²) in [6, 6.07) is 22.3. The Balaban J connectivity index is 2.24. The van der Waals surface area contributed by atoms with Crippen LogP contribution in [-0.2, 0) is 16.6 Å². The van der Waals surface area contributed by atoms with Crippen LogP contribution in [0.1, 0.15) is 100 Å². The summed E-state index contributed by atoms with van der Waals surface area (Å²) >= 11 is 0. The van der Waals surface area contributed by atoms with Crippen molar-refractivity contribution in [2.75, 3.05) is 0 Å². The van der Waals surface area contributed by atoms with E-state index in [1.807, 2.05) is 88.4 Å². The average Bonchev–Trinajstić information content (AvgIpc) is 2.86. The van der Waals surface area contributed by atoms with Crippen molar-refractivity contribution in [2.45, 2.75) is 89.8 Å². The van der Waals surface area contributed by atoms with E-state index in [2.05, 4.69) is 26.0 Å². The Labute approximate surface area is 218 Å². The summed E-state index contributed by atoms with van der Waals surface area (Å²) < 4.78 is 30.8. The predicted octanol–water partition coefficient (Wildman–Crippen LogP) is 7.37. The van der Waals surface area contributed by atoms with Gasteiger partial charge in [0.25, 0.3) is 0 Å². The first kappa shape index (κ1) is 28.1. The maximum Gasteiger partial charge on any atom is 0.244 e. The Morgan fingerprint density at radius 2 is 1.17 bits per heavy atom. The summed E-state index contributed by atoms with van der Waals surface area (Å²) in [4.78, 5) is 0.389. The molecule has 0 saturated carbocycles. The van der Waals surface area contributed by atoms with Gasteiger partial charge in [-0.3, -0.25) is 0 Å². The fourth-order valence-electron chi connectivity index (χ4n) is 4.60. The highest BCUT2D eigenvalue weighted by molar-refractivity contribution is 7.89. The number of sulfonamides is 1. The van der Waals surface area contributed by atoms with E-state index in [1.165, 1.54) is 4.31 Å². The highest BCUT2D eigenvalue weighted by Crippen LogP contribution is 2.38. The predicted molar refractivity (Wildman–Crippen MR) is 149 cm³/mol. The van der Waals surface area contributed by atoms with Gasteiger partial charge in [-0.15, -0.1) is 0 Å². The Bertz CT molecular complexity index is 1210. The summed E-state index contributed by atoms with van der Waals surface area (Å²) in [6.45, 7) is 14.4. The van der Waals surface area contributed by atoms with Crippen LogP contribution in [0.2, 0.25) is 0 Å². The summed E-state index contributed by atoms with van der Waals surface area (Å²) in [6.07, 6.45) is -0.968. The third kappa shape index (κ3) is 6.08. The summed E-state index contributed by atoms with van der Waals surface area (Å²) in [5.41, 5.74) is 4.40. The molecule has 0 bridgehead atoms. The molecule has 36 heavy (non-hydrogen) atoms. The van der Waals surface area contributed by atoms with E-state index < -0.39 is 22.2 Å². The molecule has 3 aromatic carbocycles. The average molecular weight is 508 g/mol. The molecule has 3 rings (SSSR count). The van der Waals surface area contributed by atoms with Crippen LogP contribution in [0.3, 0.4) is 0 Å². The Kier molecular flexibility index (Phi) is 9.15. The quantitative estimate of drug-likeness (QED) is 0.312. The van der Waals surface area contributed by atoms with Crippen molar-refractivity contribution in [3.63, 3.8) is 0 Å². The molecule has 0 aliphatic heterocycles. The zero-order chi connectivity index (χ0) is 26.6. The summed E-state index contributed by atoms with van der Waals surface area (Å²) in [5.74, 6) is 0.341. The van der Waals surface area contributed by atoms with Gasteiger partial charge in [0.15, 0.2) is 0 Å². The van der Waals surface area contributed by atoms with Crippen molar-refractivity contribution >= 4 is 10.0 Å². The van der Waals surface area contributed by atoms with E-state index in [0.717, 1.165) is 22.3 Å². The Hall–Kier alpha value is -2.47. The standard InChI is InChI=1S/C31H41NO3S/c1-21(2)27-18-28(22(3)4)31(29(19-27)23(5)6)36(34,35)32(20-25-14-10-8-11-15-25)24(7)30(33)26-16-12-9-13-17-26/h8-19,21-24,30,33H,20H2,1-7H3/t24-,30-/m0/s1. The van der Waals surface area contributed by atoms with Crippen LogP contribution in [0, 0.1) is 0 Å². The van der Waals surface area contributed by atoms with E-state index >= 15 is 0 Å². The first-order chi connectivity index (χ1) is 16.9. The molecular weight excluding hydrogens is 466 g/mol. The molecule has 0 aliphatic carbocycles. The van der Waals surface area contributed by atoms with Gasteiger partial charge in [0.05, 0.1) is 17.0 Å². The van der Waals surface area contributed by atoms with E-state index in [1.54, 1.807) is 6.92 Å². The molecule has 3 aromatic rings. The largest absolute Gasteiger partial charge is 0.387 e. The Morgan fingerprint density at radius 3 is 1.61 bits per heavy atom. The lowest BCUT2D eigenvalue weighted by Gasteiger charge is -2.34. The second kappa shape index (κ2) is 11.7. The first-order valence-electron chi connectivity index (χ1n) is 12.9. The molecule has 0 fully saturated rings. The molecule has 0 heterocycles. The van der Waals surface area contributed by atoms with Gasteiger partial charge in [-0.2, -0.15) is 4.31 Å². The minimum Gasteiger partial charge on any atom is -0.387 e. The topological polar surface area (TPSA) is 57.6 Å². The third-order valence-corrected chi connectivity index (χ3v) is 8.95. The fraction of sp³-hybridized carbons (Fsp3) is 0.419. The Morgan fingerprint density at radius 1 is 0.694 bits per heavy atom. The monoisotopic (exact) mass is 507 g/mol. The van der Waals surface area contributed by atoms with E-state index in [4.69, 9.17) is 0 Å². The zero-order valence-electron chi connectivity index (χ0n) is 22.6. The normalized spacial score (nSPS) is 14.1. The van der Waals surface area contributed by atoms with Gasteiger partial charge in [-0.25, -0.2) is 8.42 Å².